The Balaban J connectivity index is -0.000000273. The molecule has 0 aromatic rings. The standard InChI is InChI=1S/C10H22.C7H14.C4H10.C3H8/c1-5-7-10(6-2)8-9(3)4;1-6-3-4-7(2)5-6;1-4(2)3;1-3-2/h9-10H,5-8H2,1-4H3;6-7H,3-5H2,1-2H3;4H,1-3H3;3H2,1-2H3. The van der Waals surface area contributed by atoms with Crippen molar-refractivity contribution in [2.75, 3.05) is 0 Å². The summed E-state index contributed by atoms with van der Waals surface area (Å²) in [5, 5.41) is 0. The maximum atomic E-state index is 2.35. The third-order valence-electron chi connectivity index (χ3n) is 4.04. The van der Waals surface area contributed by atoms with Gasteiger partial charge in [0.1, 0.15) is 0 Å². The zero-order valence-electron chi connectivity index (χ0n) is 19.5. The normalized spacial score (nSPS) is 20.4. The van der Waals surface area contributed by atoms with E-state index < -0.39 is 0 Å². The summed E-state index contributed by atoms with van der Waals surface area (Å²) in [4.78, 5) is 0. The molecule has 0 aliphatic heterocycles. The van der Waals surface area contributed by atoms with Crippen molar-refractivity contribution in [2.24, 2.45) is 29.6 Å². The van der Waals surface area contributed by atoms with Gasteiger partial charge in [0.2, 0.25) is 0 Å². The van der Waals surface area contributed by atoms with E-state index in [9.17, 15) is 0 Å². The van der Waals surface area contributed by atoms with E-state index in [1.54, 1.807) is 0 Å². The average molecular weight is 343 g/mol. The van der Waals surface area contributed by atoms with Crippen molar-refractivity contribution in [3.8, 4) is 0 Å². The lowest BCUT2D eigenvalue weighted by atomic mass is 9.91. The molecule has 1 rings (SSSR count). The molecule has 3 atom stereocenters. The van der Waals surface area contributed by atoms with Crippen LogP contribution in [-0.2, 0) is 0 Å². The number of hydrogen-bond donors (Lipinski definition) is 0. The van der Waals surface area contributed by atoms with Crippen molar-refractivity contribution >= 4 is 0 Å². The molecule has 0 N–H and O–H groups in total. The van der Waals surface area contributed by atoms with E-state index in [2.05, 4.69) is 76.2 Å². The van der Waals surface area contributed by atoms with Crippen LogP contribution in [0.25, 0.3) is 0 Å². The quantitative estimate of drug-likeness (QED) is 0.466. The van der Waals surface area contributed by atoms with Crippen molar-refractivity contribution in [2.45, 2.75) is 128 Å². The molecule has 0 spiro atoms. The molecule has 0 saturated heterocycles. The summed E-state index contributed by atoms with van der Waals surface area (Å²) >= 11 is 0. The Labute approximate surface area is 157 Å². The highest BCUT2D eigenvalue weighted by Crippen LogP contribution is 2.29. The van der Waals surface area contributed by atoms with Crippen LogP contribution >= 0.6 is 0 Å². The van der Waals surface area contributed by atoms with Gasteiger partial charge >= 0.3 is 0 Å². The second kappa shape index (κ2) is 21.0. The van der Waals surface area contributed by atoms with Gasteiger partial charge in [-0.25, -0.2) is 0 Å². The molecule has 0 aromatic carbocycles. The van der Waals surface area contributed by atoms with Crippen molar-refractivity contribution in [3.63, 3.8) is 0 Å². The minimum Gasteiger partial charge on any atom is -0.0656 e. The Morgan fingerprint density at radius 3 is 1.33 bits per heavy atom. The molecule has 0 nitrogen and oxygen atoms in total. The smallest absolute Gasteiger partial charge is 0.0415 e. The summed E-state index contributed by atoms with van der Waals surface area (Å²) in [7, 11) is 0. The molecule has 24 heavy (non-hydrogen) atoms. The predicted molar refractivity (Wildman–Crippen MR) is 117 cm³/mol. The van der Waals surface area contributed by atoms with Crippen LogP contribution < -0.4 is 0 Å². The first-order valence-corrected chi connectivity index (χ1v) is 11.1. The zero-order chi connectivity index (χ0) is 19.5. The Morgan fingerprint density at radius 2 is 1.17 bits per heavy atom. The highest BCUT2D eigenvalue weighted by Gasteiger charge is 2.15. The van der Waals surface area contributed by atoms with Crippen molar-refractivity contribution in [1.82, 2.24) is 0 Å². The van der Waals surface area contributed by atoms with E-state index in [0.29, 0.717) is 0 Å². The van der Waals surface area contributed by atoms with E-state index in [-0.39, 0.29) is 0 Å². The Kier molecular flexibility index (Phi) is 25.2. The summed E-state index contributed by atoms with van der Waals surface area (Å²) in [6.07, 6.45) is 11.2. The van der Waals surface area contributed by atoms with Crippen LogP contribution in [0, 0.1) is 29.6 Å². The van der Waals surface area contributed by atoms with E-state index >= 15 is 0 Å². The summed E-state index contributed by atoms with van der Waals surface area (Å²) in [6, 6.07) is 0. The lowest BCUT2D eigenvalue weighted by molar-refractivity contribution is 0.373. The van der Waals surface area contributed by atoms with Crippen molar-refractivity contribution < 1.29 is 0 Å². The molecular weight excluding hydrogens is 288 g/mol. The molecule has 0 heteroatoms. The molecule has 1 aliphatic rings. The Bertz CT molecular complexity index is 193. The molecule has 0 aromatic heterocycles. The first kappa shape index (κ1) is 28.8. The molecule has 150 valence electrons. The highest BCUT2D eigenvalue weighted by molar-refractivity contribution is 4.68. The van der Waals surface area contributed by atoms with Gasteiger partial charge in [0.15, 0.2) is 0 Å². The van der Waals surface area contributed by atoms with Crippen LogP contribution in [0.3, 0.4) is 0 Å². The van der Waals surface area contributed by atoms with Gasteiger partial charge in [-0.3, -0.25) is 0 Å². The first-order chi connectivity index (χ1) is 11.1. The monoisotopic (exact) mass is 342 g/mol. The molecule has 3 unspecified atom stereocenters. The maximum absolute atomic E-state index is 2.35. The average Bonchev–Trinajstić information content (AvgIpc) is 2.82. The van der Waals surface area contributed by atoms with Crippen molar-refractivity contribution in [3.05, 3.63) is 0 Å². The van der Waals surface area contributed by atoms with E-state index in [4.69, 9.17) is 0 Å². The summed E-state index contributed by atoms with van der Waals surface area (Å²) in [5.41, 5.74) is 0. The van der Waals surface area contributed by atoms with Crippen LogP contribution in [0.1, 0.15) is 128 Å². The maximum Gasteiger partial charge on any atom is -0.0415 e. The Morgan fingerprint density at radius 1 is 0.792 bits per heavy atom. The third-order valence-corrected chi connectivity index (χ3v) is 4.04. The minimum absolute atomic E-state index is 0.833. The summed E-state index contributed by atoms with van der Waals surface area (Å²) < 4.78 is 0. The van der Waals surface area contributed by atoms with Crippen LogP contribution in [0.15, 0.2) is 0 Å². The number of hydrogen-bond acceptors (Lipinski definition) is 0. The second-order valence-electron chi connectivity index (χ2n) is 9.16. The van der Waals surface area contributed by atoms with Gasteiger partial charge in [-0.2, -0.15) is 0 Å². The zero-order valence-corrected chi connectivity index (χ0v) is 19.5. The van der Waals surface area contributed by atoms with Gasteiger partial charge in [0, 0.05) is 0 Å². The van der Waals surface area contributed by atoms with E-state index in [1.165, 1.54) is 51.4 Å². The SMILES string of the molecule is CC(C)C.CC1CCC(C)C1.CCC.CCCC(CC)CC(C)C. The topological polar surface area (TPSA) is 0 Å². The molecule has 1 aliphatic carbocycles. The summed E-state index contributed by atoms with van der Waals surface area (Å²) in [6.45, 7) is 24.7. The lowest BCUT2D eigenvalue weighted by Gasteiger charge is -2.15. The minimum atomic E-state index is 0.833. The highest BCUT2D eigenvalue weighted by atomic mass is 14.2. The molecule has 0 bridgehead atoms. The molecule has 0 heterocycles. The number of rotatable bonds is 5. The first-order valence-electron chi connectivity index (χ1n) is 11.1. The van der Waals surface area contributed by atoms with Gasteiger partial charge in [-0.05, 0) is 42.4 Å². The fraction of sp³-hybridized carbons (Fsp3) is 1.00. The molecule has 1 fully saturated rings. The van der Waals surface area contributed by atoms with Gasteiger partial charge in [-0.15, -0.1) is 0 Å². The lowest BCUT2D eigenvalue weighted by Crippen LogP contribution is -2.02. The fourth-order valence-corrected chi connectivity index (χ4v) is 3.06. The molecule has 0 amide bonds. The van der Waals surface area contributed by atoms with Gasteiger partial charge in [0.25, 0.3) is 0 Å². The van der Waals surface area contributed by atoms with Crippen LogP contribution in [-0.4, -0.2) is 0 Å². The predicted octanol–water partition coefficient (Wildman–Crippen LogP) is 9.38. The van der Waals surface area contributed by atoms with E-state index in [1.807, 2.05) is 0 Å². The van der Waals surface area contributed by atoms with Gasteiger partial charge < -0.3 is 0 Å². The van der Waals surface area contributed by atoms with Crippen molar-refractivity contribution in [1.29, 1.82) is 0 Å². The van der Waals surface area contributed by atoms with Crippen LogP contribution in [0.2, 0.25) is 0 Å². The third kappa shape index (κ3) is 29.9. The van der Waals surface area contributed by atoms with Crippen LogP contribution in [0.4, 0.5) is 0 Å². The van der Waals surface area contributed by atoms with E-state index in [0.717, 1.165) is 29.6 Å². The molecular formula is C24H54. The summed E-state index contributed by atoms with van der Waals surface area (Å²) in [5.74, 6) is 4.76. The molecule has 0 radical (unpaired) electrons. The fourth-order valence-electron chi connectivity index (χ4n) is 3.06. The largest absolute Gasteiger partial charge is 0.0656 e. The Hall–Kier alpha value is 0. The van der Waals surface area contributed by atoms with Gasteiger partial charge in [-0.1, -0.05) is 115 Å². The second-order valence-corrected chi connectivity index (χ2v) is 9.16. The van der Waals surface area contributed by atoms with Gasteiger partial charge in [0.05, 0.1) is 0 Å². The van der Waals surface area contributed by atoms with Crippen LogP contribution in [0.5, 0.6) is 0 Å². The molecule has 1 saturated carbocycles.